The van der Waals surface area contributed by atoms with Crippen molar-refractivity contribution in [2.24, 2.45) is 0 Å². The van der Waals surface area contributed by atoms with Crippen LogP contribution in [0.5, 0.6) is 0 Å². The summed E-state index contributed by atoms with van der Waals surface area (Å²) in [6, 6.07) is 19.3. The fourth-order valence-electron chi connectivity index (χ4n) is 4.35. The molecule has 37 heavy (non-hydrogen) atoms. The van der Waals surface area contributed by atoms with Gasteiger partial charge in [0.1, 0.15) is 11.5 Å². The highest BCUT2D eigenvalue weighted by Gasteiger charge is 2.25. The Morgan fingerprint density at radius 1 is 0.865 bits per heavy atom. The summed E-state index contributed by atoms with van der Waals surface area (Å²) in [5, 5.41) is 13.4. The summed E-state index contributed by atoms with van der Waals surface area (Å²) in [6.45, 7) is 0. The number of nitriles is 1. The van der Waals surface area contributed by atoms with Crippen molar-refractivity contribution in [1.82, 2.24) is 14.7 Å². The standard InChI is InChI=1S/C29H29F3N4O/c30-29(31,32)18-10-5-3-1-2-4-9-13-26-27(28(35-37-26)23-11-7-6-8-12-23)25-20-36(21-34-25)24-16-14-22(19-33)15-17-24/h6-8,11-12,14-17,20-21H,1-5,9-10,13,18H2. The van der Waals surface area contributed by atoms with Gasteiger partial charge in [0.15, 0.2) is 0 Å². The molecule has 0 unspecified atom stereocenters. The number of halogens is 3. The summed E-state index contributed by atoms with van der Waals surface area (Å²) in [7, 11) is 0. The van der Waals surface area contributed by atoms with Crippen LogP contribution in [0.3, 0.4) is 0 Å². The summed E-state index contributed by atoms with van der Waals surface area (Å²) in [6.07, 6.45) is 5.08. The third-order valence-corrected chi connectivity index (χ3v) is 6.31. The first-order valence-corrected chi connectivity index (χ1v) is 12.6. The van der Waals surface area contributed by atoms with Gasteiger partial charge in [0, 0.05) is 30.3 Å². The Morgan fingerprint density at radius 2 is 1.54 bits per heavy atom. The summed E-state index contributed by atoms with van der Waals surface area (Å²) in [5.41, 5.74) is 4.80. The number of nitrogens with zero attached hydrogens (tertiary/aromatic N) is 4. The zero-order valence-corrected chi connectivity index (χ0v) is 20.5. The number of hydrogen-bond donors (Lipinski definition) is 0. The van der Waals surface area contributed by atoms with Gasteiger partial charge in [-0.05, 0) is 37.1 Å². The Bertz CT molecular complexity index is 1300. The second kappa shape index (κ2) is 12.4. The molecule has 0 spiro atoms. The number of alkyl halides is 3. The van der Waals surface area contributed by atoms with Crippen LogP contribution in [0.2, 0.25) is 0 Å². The largest absolute Gasteiger partial charge is 0.389 e. The first kappa shape index (κ1) is 26.2. The number of imidazole rings is 1. The molecule has 0 aliphatic rings. The van der Waals surface area contributed by atoms with E-state index in [1.54, 1.807) is 18.5 Å². The van der Waals surface area contributed by atoms with E-state index in [1.807, 2.05) is 53.2 Å². The molecule has 0 bridgehead atoms. The number of rotatable bonds is 12. The van der Waals surface area contributed by atoms with E-state index < -0.39 is 12.6 Å². The normalized spacial score (nSPS) is 11.5. The number of hydrogen-bond acceptors (Lipinski definition) is 4. The molecule has 192 valence electrons. The Hall–Kier alpha value is -3.86. The lowest BCUT2D eigenvalue weighted by molar-refractivity contribution is -0.135. The van der Waals surface area contributed by atoms with Crippen LogP contribution < -0.4 is 0 Å². The van der Waals surface area contributed by atoms with Gasteiger partial charge in [0.05, 0.1) is 29.2 Å². The summed E-state index contributed by atoms with van der Waals surface area (Å²) < 4.78 is 44.4. The Kier molecular flexibility index (Phi) is 8.78. The van der Waals surface area contributed by atoms with Crippen LogP contribution >= 0.6 is 0 Å². The van der Waals surface area contributed by atoms with Crippen molar-refractivity contribution in [1.29, 1.82) is 5.26 Å². The maximum absolute atomic E-state index is 12.2. The average Bonchev–Trinajstić information content (AvgIpc) is 3.55. The van der Waals surface area contributed by atoms with E-state index in [9.17, 15) is 13.2 Å². The van der Waals surface area contributed by atoms with E-state index in [1.165, 1.54) is 0 Å². The molecule has 0 fully saturated rings. The third kappa shape index (κ3) is 7.32. The first-order chi connectivity index (χ1) is 17.9. The van der Waals surface area contributed by atoms with E-state index in [0.717, 1.165) is 66.1 Å². The molecule has 0 radical (unpaired) electrons. The van der Waals surface area contributed by atoms with Crippen LogP contribution in [0.15, 0.2) is 71.6 Å². The Labute approximate surface area is 214 Å². The van der Waals surface area contributed by atoms with E-state index in [4.69, 9.17) is 9.78 Å². The number of unbranched alkanes of at least 4 members (excludes halogenated alkanes) is 6. The molecule has 8 heteroatoms. The fraction of sp³-hybridized carbons (Fsp3) is 0.345. The van der Waals surface area contributed by atoms with E-state index >= 15 is 0 Å². The van der Waals surface area contributed by atoms with Gasteiger partial charge in [-0.1, -0.05) is 67.6 Å². The molecule has 2 heterocycles. The maximum atomic E-state index is 12.2. The van der Waals surface area contributed by atoms with Crippen molar-refractivity contribution in [2.45, 2.75) is 64.0 Å². The van der Waals surface area contributed by atoms with E-state index in [0.29, 0.717) is 18.4 Å². The van der Waals surface area contributed by atoms with Crippen molar-refractivity contribution in [2.75, 3.05) is 0 Å². The maximum Gasteiger partial charge on any atom is 0.389 e. The van der Waals surface area contributed by atoms with Crippen molar-refractivity contribution in [3.8, 4) is 34.3 Å². The average molecular weight is 507 g/mol. The Morgan fingerprint density at radius 3 is 2.22 bits per heavy atom. The van der Waals surface area contributed by atoms with Gasteiger partial charge >= 0.3 is 6.18 Å². The first-order valence-electron chi connectivity index (χ1n) is 12.6. The van der Waals surface area contributed by atoms with Crippen LogP contribution in [0.1, 0.15) is 62.7 Å². The molecule has 2 aromatic heterocycles. The van der Waals surface area contributed by atoms with Crippen LogP contribution in [-0.2, 0) is 6.42 Å². The minimum Gasteiger partial charge on any atom is -0.360 e. The molecule has 4 rings (SSSR count). The molecular weight excluding hydrogens is 477 g/mol. The predicted molar refractivity (Wildman–Crippen MR) is 136 cm³/mol. The summed E-state index contributed by atoms with van der Waals surface area (Å²) in [5.74, 6) is 0.772. The SMILES string of the molecule is N#Cc1ccc(-n2cnc(-c3c(-c4ccccc4)noc3CCCCCCCCCC(F)(F)F)c2)cc1. The summed E-state index contributed by atoms with van der Waals surface area (Å²) >= 11 is 0. The molecule has 0 atom stereocenters. The lowest BCUT2D eigenvalue weighted by Crippen LogP contribution is -2.06. The molecule has 0 N–H and O–H groups in total. The second-order valence-corrected chi connectivity index (χ2v) is 9.11. The summed E-state index contributed by atoms with van der Waals surface area (Å²) in [4.78, 5) is 4.65. The lowest BCUT2D eigenvalue weighted by atomic mass is 10.0. The van der Waals surface area contributed by atoms with Crippen molar-refractivity contribution in [3.63, 3.8) is 0 Å². The molecule has 0 amide bonds. The minimum absolute atomic E-state index is 0.211. The number of benzene rings is 2. The molecule has 0 saturated heterocycles. The van der Waals surface area contributed by atoms with Gasteiger partial charge in [-0.3, -0.25) is 0 Å². The molecular formula is C29H29F3N4O. The molecule has 4 aromatic rings. The topological polar surface area (TPSA) is 67.6 Å². The zero-order chi connectivity index (χ0) is 26.1. The third-order valence-electron chi connectivity index (χ3n) is 6.31. The van der Waals surface area contributed by atoms with Crippen molar-refractivity contribution >= 4 is 0 Å². The highest BCUT2D eigenvalue weighted by molar-refractivity contribution is 5.80. The van der Waals surface area contributed by atoms with Crippen LogP contribution in [0.4, 0.5) is 13.2 Å². The molecule has 0 saturated carbocycles. The van der Waals surface area contributed by atoms with Crippen LogP contribution in [0, 0.1) is 11.3 Å². The quantitative estimate of drug-likeness (QED) is 0.181. The fourth-order valence-corrected chi connectivity index (χ4v) is 4.35. The van der Waals surface area contributed by atoms with Gasteiger partial charge in [0.25, 0.3) is 0 Å². The number of aromatic nitrogens is 3. The van der Waals surface area contributed by atoms with Crippen molar-refractivity contribution < 1.29 is 17.7 Å². The van der Waals surface area contributed by atoms with Crippen LogP contribution in [-0.4, -0.2) is 20.9 Å². The van der Waals surface area contributed by atoms with E-state index in [2.05, 4.69) is 16.2 Å². The van der Waals surface area contributed by atoms with Gasteiger partial charge in [0.2, 0.25) is 0 Å². The van der Waals surface area contributed by atoms with E-state index in [-0.39, 0.29) is 6.42 Å². The van der Waals surface area contributed by atoms with Gasteiger partial charge in [-0.2, -0.15) is 18.4 Å². The lowest BCUT2D eigenvalue weighted by Gasteiger charge is -2.05. The number of aryl methyl sites for hydroxylation is 1. The highest BCUT2D eigenvalue weighted by atomic mass is 19.4. The molecule has 5 nitrogen and oxygen atoms in total. The second-order valence-electron chi connectivity index (χ2n) is 9.11. The van der Waals surface area contributed by atoms with Crippen molar-refractivity contribution in [3.05, 3.63) is 78.4 Å². The monoisotopic (exact) mass is 506 g/mol. The highest BCUT2D eigenvalue weighted by Crippen LogP contribution is 2.35. The van der Waals surface area contributed by atoms with Gasteiger partial charge in [-0.15, -0.1) is 0 Å². The zero-order valence-electron chi connectivity index (χ0n) is 20.5. The van der Waals surface area contributed by atoms with Gasteiger partial charge in [-0.25, -0.2) is 4.98 Å². The van der Waals surface area contributed by atoms with Crippen LogP contribution in [0.25, 0.3) is 28.2 Å². The Balaban J connectivity index is 1.42. The minimum atomic E-state index is -4.05. The molecule has 2 aromatic carbocycles. The predicted octanol–water partition coefficient (Wildman–Crippen LogP) is 8.29. The smallest absolute Gasteiger partial charge is 0.360 e. The van der Waals surface area contributed by atoms with Gasteiger partial charge < -0.3 is 9.09 Å². The molecule has 0 aliphatic heterocycles. The molecule has 0 aliphatic carbocycles.